The summed E-state index contributed by atoms with van der Waals surface area (Å²) in [6, 6.07) is 1.33. The van der Waals surface area contributed by atoms with Crippen molar-refractivity contribution in [3.63, 3.8) is 0 Å². The van der Waals surface area contributed by atoms with Crippen molar-refractivity contribution in [3.8, 4) is 0 Å². The molecule has 0 saturated heterocycles. The average Bonchev–Trinajstić information content (AvgIpc) is 3.19. The fourth-order valence-electron chi connectivity index (χ4n) is 1.81. The lowest BCUT2D eigenvalue weighted by molar-refractivity contribution is 0.145. The van der Waals surface area contributed by atoms with Crippen LogP contribution in [0.2, 0.25) is 0 Å². The first-order chi connectivity index (χ1) is 8.65. The lowest BCUT2D eigenvalue weighted by Gasteiger charge is -2.25. The smallest absolute Gasteiger partial charge is 0.166 e. The van der Waals surface area contributed by atoms with E-state index in [0.29, 0.717) is 6.04 Å². The summed E-state index contributed by atoms with van der Waals surface area (Å²) < 4.78 is 5.27. The van der Waals surface area contributed by atoms with Gasteiger partial charge < -0.3 is 15.4 Å². The predicted molar refractivity (Wildman–Crippen MR) is 80.0 cm³/mol. The van der Waals surface area contributed by atoms with E-state index < -0.39 is 0 Å². The van der Waals surface area contributed by atoms with E-state index in [9.17, 15) is 0 Å². The first-order valence-corrected chi connectivity index (χ1v) is 7.37. The second kappa shape index (κ2) is 8.67. The van der Waals surface area contributed by atoms with Gasteiger partial charge in [0.25, 0.3) is 0 Å². The molecule has 106 valence electrons. The summed E-state index contributed by atoms with van der Waals surface area (Å²) in [4.78, 5) is 2.44. The first-order valence-electron chi connectivity index (χ1n) is 6.96. The molecule has 1 fully saturated rings. The van der Waals surface area contributed by atoms with Crippen LogP contribution in [0.5, 0.6) is 0 Å². The van der Waals surface area contributed by atoms with Crippen LogP contribution in [0.4, 0.5) is 0 Å². The van der Waals surface area contributed by atoms with Crippen molar-refractivity contribution in [2.75, 3.05) is 33.4 Å². The minimum atomic E-state index is 0.528. The molecule has 0 aromatic rings. The zero-order valence-electron chi connectivity index (χ0n) is 11.9. The minimum absolute atomic E-state index is 0.528. The standard InChI is InChI=1S/C13H27N3OS/c1-4-17-9-5-8-14-13(18)15-10-11(2)16(3)12-6-7-12/h11-12H,4-10H2,1-3H3,(H2,14,15,18). The molecule has 1 atom stereocenters. The van der Waals surface area contributed by atoms with Gasteiger partial charge in [0, 0.05) is 38.4 Å². The van der Waals surface area contributed by atoms with Gasteiger partial charge in [0.2, 0.25) is 0 Å². The topological polar surface area (TPSA) is 36.5 Å². The molecule has 0 heterocycles. The van der Waals surface area contributed by atoms with Gasteiger partial charge in [-0.15, -0.1) is 0 Å². The molecule has 5 heteroatoms. The predicted octanol–water partition coefficient (Wildman–Crippen LogP) is 1.36. The van der Waals surface area contributed by atoms with Crippen LogP contribution in [0.3, 0.4) is 0 Å². The molecule has 0 spiro atoms. The molecule has 1 aliphatic rings. The van der Waals surface area contributed by atoms with Gasteiger partial charge in [0.05, 0.1) is 0 Å². The van der Waals surface area contributed by atoms with Crippen LogP contribution >= 0.6 is 12.2 Å². The Morgan fingerprint density at radius 2 is 2.17 bits per heavy atom. The Hall–Kier alpha value is -0.390. The molecule has 0 amide bonds. The van der Waals surface area contributed by atoms with E-state index in [2.05, 4.69) is 29.5 Å². The lowest BCUT2D eigenvalue weighted by Crippen LogP contribution is -2.44. The van der Waals surface area contributed by atoms with E-state index in [0.717, 1.165) is 43.9 Å². The van der Waals surface area contributed by atoms with Crippen LogP contribution < -0.4 is 10.6 Å². The zero-order valence-corrected chi connectivity index (χ0v) is 12.7. The Balaban J connectivity index is 1.98. The molecule has 1 saturated carbocycles. The molecular formula is C13H27N3OS. The van der Waals surface area contributed by atoms with Crippen molar-refractivity contribution in [1.82, 2.24) is 15.5 Å². The van der Waals surface area contributed by atoms with E-state index in [-0.39, 0.29) is 0 Å². The van der Waals surface area contributed by atoms with E-state index in [1.54, 1.807) is 0 Å². The number of thiocarbonyl (C=S) groups is 1. The maximum atomic E-state index is 5.27. The molecule has 1 unspecified atom stereocenters. The quantitative estimate of drug-likeness (QED) is 0.490. The molecule has 4 nitrogen and oxygen atoms in total. The number of ether oxygens (including phenoxy) is 1. The van der Waals surface area contributed by atoms with E-state index in [1.165, 1.54) is 12.8 Å². The Labute approximate surface area is 116 Å². The molecule has 2 N–H and O–H groups in total. The van der Waals surface area contributed by atoms with Crippen LogP contribution in [0.15, 0.2) is 0 Å². The van der Waals surface area contributed by atoms with E-state index in [4.69, 9.17) is 17.0 Å². The van der Waals surface area contributed by atoms with Gasteiger partial charge in [0.1, 0.15) is 0 Å². The molecule has 0 aromatic heterocycles. The van der Waals surface area contributed by atoms with Gasteiger partial charge in [-0.1, -0.05) is 0 Å². The van der Waals surface area contributed by atoms with Crippen LogP contribution in [0.25, 0.3) is 0 Å². The summed E-state index contributed by atoms with van der Waals surface area (Å²) in [5, 5.41) is 7.23. The highest BCUT2D eigenvalue weighted by atomic mass is 32.1. The highest BCUT2D eigenvalue weighted by molar-refractivity contribution is 7.80. The van der Waals surface area contributed by atoms with Crippen molar-refractivity contribution >= 4 is 17.3 Å². The third-order valence-electron chi connectivity index (χ3n) is 3.33. The van der Waals surface area contributed by atoms with Crippen LogP contribution in [0.1, 0.15) is 33.1 Å². The molecule has 1 rings (SSSR count). The van der Waals surface area contributed by atoms with Gasteiger partial charge in [-0.3, -0.25) is 4.90 Å². The van der Waals surface area contributed by atoms with Crippen molar-refractivity contribution in [2.45, 2.75) is 45.2 Å². The normalized spacial score (nSPS) is 16.7. The molecule has 1 aliphatic carbocycles. The number of nitrogens with zero attached hydrogens (tertiary/aromatic N) is 1. The van der Waals surface area contributed by atoms with Gasteiger partial charge in [-0.2, -0.15) is 0 Å². The minimum Gasteiger partial charge on any atom is -0.382 e. The van der Waals surface area contributed by atoms with Crippen LogP contribution in [-0.2, 0) is 4.74 Å². The van der Waals surface area contributed by atoms with Crippen molar-refractivity contribution in [3.05, 3.63) is 0 Å². The molecule has 0 aliphatic heterocycles. The number of hydrogen-bond acceptors (Lipinski definition) is 3. The summed E-state index contributed by atoms with van der Waals surface area (Å²) in [5.74, 6) is 0. The number of likely N-dealkylation sites (N-methyl/N-ethyl adjacent to an activating group) is 1. The van der Waals surface area contributed by atoms with Crippen molar-refractivity contribution in [1.29, 1.82) is 0 Å². The Morgan fingerprint density at radius 3 is 2.78 bits per heavy atom. The Kier molecular flexibility index (Phi) is 7.54. The number of rotatable bonds is 9. The monoisotopic (exact) mass is 273 g/mol. The number of hydrogen-bond donors (Lipinski definition) is 2. The number of nitrogens with one attached hydrogen (secondary N) is 2. The fraction of sp³-hybridized carbons (Fsp3) is 0.923. The van der Waals surface area contributed by atoms with Gasteiger partial charge in [-0.05, 0) is 52.4 Å². The Bertz CT molecular complexity index is 246. The molecule has 0 bridgehead atoms. The lowest BCUT2D eigenvalue weighted by atomic mass is 10.3. The van der Waals surface area contributed by atoms with Crippen LogP contribution in [-0.4, -0.2) is 55.4 Å². The summed E-state index contributed by atoms with van der Waals surface area (Å²) in [5.41, 5.74) is 0. The summed E-state index contributed by atoms with van der Waals surface area (Å²) in [7, 11) is 2.20. The second-order valence-corrected chi connectivity index (χ2v) is 5.34. The Morgan fingerprint density at radius 1 is 1.44 bits per heavy atom. The maximum Gasteiger partial charge on any atom is 0.166 e. The highest BCUT2D eigenvalue weighted by Crippen LogP contribution is 2.26. The summed E-state index contributed by atoms with van der Waals surface area (Å²) in [6.07, 6.45) is 3.69. The van der Waals surface area contributed by atoms with Gasteiger partial charge >= 0.3 is 0 Å². The largest absolute Gasteiger partial charge is 0.382 e. The maximum absolute atomic E-state index is 5.27. The third-order valence-corrected chi connectivity index (χ3v) is 3.62. The molecule has 0 radical (unpaired) electrons. The van der Waals surface area contributed by atoms with E-state index >= 15 is 0 Å². The molecular weight excluding hydrogens is 246 g/mol. The van der Waals surface area contributed by atoms with E-state index in [1.807, 2.05) is 6.92 Å². The molecule has 18 heavy (non-hydrogen) atoms. The highest BCUT2D eigenvalue weighted by Gasteiger charge is 2.28. The summed E-state index contributed by atoms with van der Waals surface area (Å²) in [6.45, 7) is 7.62. The van der Waals surface area contributed by atoms with Gasteiger partial charge in [0.15, 0.2) is 5.11 Å². The van der Waals surface area contributed by atoms with Crippen molar-refractivity contribution < 1.29 is 4.74 Å². The fourth-order valence-corrected chi connectivity index (χ4v) is 1.99. The van der Waals surface area contributed by atoms with Crippen molar-refractivity contribution in [2.24, 2.45) is 0 Å². The summed E-state index contributed by atoms with van der Waals surface area (Å²) >= 11 is 5.24. The zero-order chi connectivity index (χ0) is 13.4. The first kappa shape index (κ1) is 15.7. The molecule has 0 aromatic carbocycles. The van der Waals surface area contributed by atoms with Crippen LogP contribution in [0, 0.1) is 0 Å². The second-order valence-electron chi connectivity index (χ2n) is 4.93. The third kappa shape index (κ3) is 6.52. The van der Waals surface area contributed by atoms with Gasteiger partial charge in [-0.25, -0.2) is 0 Å². The average molecular weight is 273 g/mol. The SMILES string of the molecule is CCOCCCNC(=S)NCC(C)N(C)C1CC1.